The Morgan fingerprint density at radius 1 is 1.00 bits per heavy atom. The highest BCUT2D eigenvalue weighted by molar-refractivity contribution is 6.30. The molecule has 152 valence electrons. The third-order valence-electron chi connectivity index (χ3n) is 5.19. The second kappa shape index (κ2) is 14.1. The molecule has 0 fully saturated rings. The van der Waals surface area contributed by atoms with Gasteiger partial charge < -0.3 is 10.1 Å². The van der Waals surface area contributed by atoms with Gasteiger partial charge >= 0.3 is 0 Å². The lowest BCUT2D eigenvalue weighted by molar-refractivity contribution is 0.125. The van der Waals surface area contributed by atoms with Gasteiger partial charge in [-0.15, -0.1) is 0 Å². The minimum absolute atomic E-state index is 0.379. The number of nitrogens with one attached hydrogen (secondary N) is 1. The average Bonchev–Trinajstić information content (AvgIpc) is 2.68. The molecule has 3 nitrogen and oxygen atoms in total. The number of nitrogens with zero attached hydrogens (tertiary/aromatic N) is 1. The van der Waals surface area contributed by atoms with Crippen LogP contribution < -0.4 is 5.32 Å². The number of rotatable bonds is 15. The molecular formula is C23H37ClN2O. The molecule has 0 saturated carbocycles. The fraction of sp³-hybridized carbons (Fsp3) is 0.696. The summed E-state index contributed by atoms with van der Waals surface area (Å²) in [4.78, 5) is 4.46. The molecule has 0 bridgehead atoms. The van der Waals surface area contributed by atoms with Crippen molar-refractivity contribution in [1.82, 2.24) is 5.32 Å². The van der Waals surface area contributed by atoms with Crippen molar-refractivity contribution in [3.8, 4) is 0 Å². The Balaban J connectivity index is 1.42. The molecule has 1 N–H and O–H groups in total. The SMILES string of the molecule is CCCCCCOCCCCCCCCNC1CC=Nc2cc(Cl)ccc21. The van der Waals surface area contributed by atoms with Gasteiger partial charge in [0, 0.05) is 36.9 Å². The Kier molecular flexibility index (Phi) is 11.7. The summed E-state index contributed by atoms with van der Waals surface area (Å²) in [6.07, 6.45) is 15.9. The highest BCUT2D eigenvalue weighted by Gasteiger charge is 2.17. The van der Waals surface area contributed by atoms with Crippen LogP contribution in [-0.4, -0.2) is 26.0 Å². The highest BCUT2D eigenvalue weighted by Crippen LogP contribution is 2.33. The maximum absolute atomic E-state index is 6.06. The van der Waals surface area contributed by atoms with Crippen LogP contribution in [0.5, 0.6) is 0 Å². The van der Waals surface area contributed by atoms with Gasteiger partial charge in [-0.05, 0) is 43.5 Å². The summed E-state index contributed by atoms with van der Waals surface area (Å²) in [6, 6.07) is 6.41. The molecule has 1 aromatic rings. The third-order valence-corrected chi connectivity index (χ3v) is 5.42. The highest BCUT2D eigenvalue weighted by atomic mass is 35.5. The lowest BCUT2D eigenvalue weighted by atomic mass is 9.99. The third kappa shape index (κ3) is 9.23. The van der Waals surface area contributed by atoms with E-state index in [2.05, 4.69) is 23.3 Å². The first-order chi connectivity index (χ1) is 13.3. The molecule has 0 aliphatic carbocycles. The Morgan fingerprint density at radius 3 is 2.48 bits per heavy atom. The number of fused-ring (bicyclic) bond motifs is 1. The molecule has 1 aromatic carbocycles. The maximum Gasteiger partial charge on any atom is 0.0688 e. The minimum atomic E-state index is 0.379. The fourth-order valence-electron chi connectivity index (χ4n) is 3.55. The van der Waals surface area contributed by atoms with Crippen LogP contribution in [0.15, 0.2) is 23.2 Å². The van der Waals surface area contributed by atoms with Crippen molar-refractivity contribution in [1.29, 1.82) is 0 Å². The molecule has 0 saturated heterocycles. The first-order valence-corrected chi connectivity index (χ1v) is 11.3. The van der Waals surface area contributed by atoms with Crippen molar-refractivity contribution in [2.75, 3.05) is 19.8 Å². The summed E-state index contributed by atoms with van der Waals surface area (Å²) in [5, 5.41) is 4.44. The second-order valence-corrected chi connectivity index (χ2v) is 7.99. The molecule has 4 heteroatoms. The van der Waals surface area contributed by atoms with Crippen LogP contribution in [0.2, 0.25) is 5.02 Å². The van der Waals surface area contributed by atoms with E-state index >= 15 is 0 Å². The zero-order valence-corrected chi connectivity index (χ0v) is 17.8. The first-order valence-electron chi connectivity index (χ1n) is 10.9. The van der Waals surface area contributed by atoms with Gasteiger partial charge in [0.1, 0.15) is 0 Å². The van der Waals surface area contributed by atoms with Crippen molar-refractivity contribution in [2.45, 2.75) is 83.6 Å². The monoisotopic (exact) mass is 392 g/mol. The molecule has 0 radical (unpaired) electrons. The summed E-state index contributed by atoms with van der Waals surface area (Å²) in [7, 11) is 0. The van der Waals surface area contributed by atoms with E-state index in [0.29, 0.717) is 6.04 Å². The summed E-state index contributed by atoms with van der Waals surface area (Å²) in [5.41, 5.74) is 2.29. The molecule has 1 atom stereocenters. The predicted molar refractivity (Wildman–Crippen MR) is 118 cm³/mol. The van der Waals surface area contributed by atoms with Gasteiger partial charge in [-0.1, -0.05) is 69.5 Å². The first kappa shape index (κ1) is 22.4. The normalized spacial score (nSPS) is 15.9. The molecule has 0 aromatic heterocycles. The van der Waals surface area contributed by atoms with E-state index in [1.807, 2.05) is 18.3 Å². The van der Waals surface area contributed by atoms with Gasteiger partial charge in [-0.25, -0.2) is 0 Å². The summed E-state index contributed by atoms with van der Waals surface area (Å²) < 4.78 is 5.70. The van der Waals surface area contributed by atoms with Crippen LogP contribution in [0, 0.1) is 0 Å². The Labute approximate surface area is 170 Å². The van der Waals surface area contributed by atoms with Crippen molar-refractivity contribution in [2.24, 2.45) is 4.99 Å². The van der Waals surface area contributed by atoms with E-state index in [4.69, 9.17) is 16.3 Å². The molecule has 0 amide bonds. The van der Waals surface area contributed by atoms with Crippen molar-refractivity contribution in [3.05, 3.63) is 28.8 Å². The van der Waals surface area contributed by atoms with Crippen LogP contribution in [0.25, 0.3) is 0 Å². The van der Waals surface area contributed by atoms with E-state index in [1.54, 1.807) is 0 Å². The molecular weight excluding hydrogens is 356 g/mol. The molecule has 2 rings (SSSR count). The predicted octanol–water partition coefficient (Wildman–Crippen LogP) is 7.01. The minimum Gasteiger partial charge on any atom is -0.381 e. The number of ether oxygens (including phenoxy) is 1. The van der Waals surface area contributed by atoms with Crippen molar-refractivity contribution < 1.29 is 4.74 Å². The van der Waals surface area contributed by atoms with E-state index < -0.39 is 0 Å². The van der Waals surface area contributed by atoms with Crippen LogP contribution in [0.1, 0.15) is 89.2 Å². The average molecular weight is 393 g/mol. The fourth-order valence-corrected chi connectivity index (χ4v) is 3.71. The molecule has 1 aliphatic heterocycles. The largest absolute Gasteiger partial charge is 0.381 e. The Bertz CT molecular complexity index is 547. The topological polar surface area (TPSA) is 33.6 Å². The number of benzene rings is 1. The summed E-state index contributed by atoms with van der Waals surface area (Å²) in [6.45, 7) is 5.21. The number of hydrogen-bond donors (Lipinski definition) is 1. The Morgan fingerprint density at radius 2 is 1.70 bits per heavy atom. The molecule has 1 heterocycles. The van der Waals surface area contributed by atoms with E-state index in [1.165, 1.54) is 69.8 Å². The van der Waals surface area contributed by atoms with Crippen LogP contribution in [0.3, 0.4) is 0 Å². The van der Waals surface area contributed by atoms with Gasteiger partial charge in [0.2, 0.25) is 0 Å². The standard InChI is InChI=1S/C23H37ClN2O/c1-2-3-4-10-17-27-18-11-8-6-5-7-9-15-25-22-14-16-26-23-19-20(24)12-13-21(22)23/h12-13,16,19,22,25H,2-11,14-15,17-18H2,1H3. The number of aliphatic imine (C=N–C) groups is 1. The van der Waals surface area contributed by atoms with Gasteiger partial charge in [0.05, 0.1) is 5.69 Å². The van der Waals surface area contributed by atoms with E-state index in [-0.39, 0.29) is 0 Å². The lowest BCUT2D eigenvalue weighted by Crippen LogP contribution is -2.24. The molecule has 1 unspecified atom stereocenters. The van der Waals surface area contributed by atoms with Crippen molar-refractivity contribution >= 4 is 23.5 Å². The molecule has 0 spiro atoms. The van der Waals surface area contributed by atoms with Gasteiger partial charge in [0.25, 0.3) is 0 Å². The summed E-state index contributed by atoms with van der Waals surface area (Å²) in [5.74, 6) is 0. The van der Waals surface area contributed by atoms with Gasteiger partial charge in [0.15, 0.2) is 0 Å². The summed E-state index contributed by atoms with van der Waals surface area (Å²) >= 11 is 6.06. The smallest absolute Gasteiger partial charge is 0.0688 e. The quantitative estimate of drug-likeness (QED) is 0.325. The number of unbranched alkanes of at least 4 members (excludes halogenated alkanes) is 8. The van der Waals surface area contributed by atoms with Gasteiger partial charge in [-0.3, -0.25) is 4.99 Å². The zero-order chi connectivity index (χ0) is 19.2. The zero-order valence-electron chi connectivity index (χ0n) is 17.0. The van der Waals surface area contributed by atoms with Crippen molar-refractivity contribution in [3.63, 3.8) is 0 Å². The van der Waals surface area contributed by atoms with Crippen LogP contribution in [0.4, 0.5) is 5.69 Å². The van der Waals surface area contributed by atoms with E-state index in [0.717, 1.165) is 36.9 Å². The lowest BCUT2D eigenvalue weighted by Gasteiger charge is -2.22. The van der Waals surface area contributed by atoms with Gasteiger partial charge in [-0.2, -0.15) is 0 Å². The second-order valence-electron chi connectivity index (χ2n) is 7.55. The van der Waals surface area contributed by atoms with Crippen LogP contribution in [-0.2, 0) is 4.74 Å². The molecule has 1 aliphatic rings. The van der Waals surface area contributed by atoms with E-state index in [9.17, 15) is 0 Å². The number of hydrogen-bond acceptors (Lipinski definition) is 3. The number of halogens is 1. The Hall–Kier alpha value is -0.900. The molecule has 27 heavy (non-hydrogen) atoms. The maximum atomic E-state index is 6.06. The van der Waals surface area contributed by atoms with Crippen LogP contribution >= 0.6 is 11.6 Å².